The molecule has 0 bridgehead atoms. The van der Waals surface area contributed by atoms with Crippen molar-refractivity contribution in [2.45, 2.75) is 20.8 Å². The van der Waals surface area contributed by atoms with Crippen LogP contribution in [0.4, 0.5) is 0 Å². The van der Waals surface area contributed by atoms with Crippen molar-refractivity contribution in [1.29, 1.82) is 0 Å². The van der Waals surface area contributed by atoms with E-state index in [1.807, 2.05) is 45.1 Å². The molecule has 13 heavy (non-hydrogen) atoms. The fraction of sp³-hybridized carbons (Fsp3) is 0.273. The number of rotatable bonds is 2. The van der Waals surface area contributed by atoms with Crippen LogP contribution in [-0.4, -0.2) is 4.98 Å². The lowest BCUT2D eigenvalue weighted by molar-refractivity contribution is 1.27. The standard InChI is InChI=1S/C11H13NS/c1-4-6-8-11-10(7-5-2)12-9(3)13-11/h4-5,7-8H,1-3H3/b7-5-. The van der Waals surface area contributed by atoms with Gasteiger partial charge in [0.25, 0.3) is 0 Å². The fourth-order valence-electron chi connectivity index (χ4n) is 0.999. The smallest absolute Gasteiger partial charge is 0.0907 e. The van der Waals surface area contributed by atoms with Crippen molar-refractivity contribution in [3.63, 3.8) is 0 Å². The second kappa shape index (κ2) is 4.80. The zero-order chi connectivity index (χ0) is 9.68. The van der Waals surface area contributed by atoms with E-state index in [9.17, 15) is 0 Å². The molecule has 1 nitrogen and oxygen atoms in total. The Morgan fingerprint density at radius 3 is 2.77 bits per heavy atom. The van der Waals surface area contributed by atoms with Gasteiger partial charge in [-0.25, -0.2) is 4.98 Å². The average molecular weight is 191 g/mol. The third-order valence-electron chi connectivity index (χ3n) is 1.49. The van der Waals surface area contributed by atoms with Gasteiger partial charge in [0.2, 0.25) is 0 Å². The minimum absolute atomic E-state index is 1.04. The number of hydrogen-bond donors (Lipinski definition) is 0. The van der Waals surface area contributed by atoms with Crippen LogP contribution in [0.25, 0.3) is 12.2 Å². The summed E-state index contributed by atoms with van der Waals surface area (Å²) in [5.41, 5.74) is 4.10. The van der Waals surface area contributed by atoms with Crippen LogP contribution in [0.2, 0.25) is 0 Å². The van der Waals surface area contributed by atoms with Crippen LogP contribution in [-0.2, 0) is 0 Å². The third kappa shape index (κ3) is 2.69. The number of nitrogens with zero attached hydrogens (tertiary/aromatic N) is 1. The van der Waals surface area contributed by atoms with E-state index in [1.165, 1.54) is 4.88 Å². The summed E-state index contributed by atoms with van der Waals surface area (Å²) in [6, 6.07) is 0. The van der Waals surface area contributed by atoms with Crippen molar-refractivity contribution in [3.8, 4) is 0 Å². The summed E-state index contributed by atoms with van der Waals surface area (Å²) in [4.78, 5) is 5.57. The van der Waals surface area contributed by atoms with Gasteiger partial charge in [0, 0.05) is 0 Å². The number of aromatic nitrogens is 1. The SMILES string of the molecule is CC=C=Cc1sc(C)nc1/C=C\C. The van der Waals surface area contributed by atoms with Crippen LogP contribution in [0.3, 0.4) is 0 Å². The first kappa shape index (κ1) is 9.97. The molecule has 0 N–H and O–H groups in total. The molecule has 0 radical (unpaired) electrons. The highest BCUT2D eigenvalue weighted by atomic mass is 32.1. The highest BCUT2D eigenvalue weighted by Gasteiger charge is 2.01. The van der Waals surface area contributed by atoms with Gasteiger partial charge in [-0.3, -0.25) is 0 Å². The van der Waals surface area contributed by atoms with Crippen molar-refractivity contribution < 1.29 is 0 Å². The molecule has 68 valence electrons. The first-order valence-corrected chi connectivity index (χ1v) is 5.06. The molecule has 0 saturated heterocycles. The van der Waals surface area contributed by atoms with Crippen LogP contribution in [0.5, 0.6) is 0 Å². The minimum atomic E-state index is 1.04. The molecule has 0 aliphatic carbocycles. The van der Waals surface area contributed by atoms with E-state index in [0.29, 0.717) is 0 Å². The Bertz CT molecular complexity index is 365. The molecule has 0 unspecified atom stereocenters. The molecule has 0 aliphatic heterocycles. The second-order valence-electron chi connectivity index (χ2n) is 2.58. The Balaban J connectivity index is 3.11. The van der Waals surface area contributed by atoms with Crippen molar-refractivity contribution >= 4 is 23.5 Å². The average Bonchev–Trinajstić information content (AvgIpc) is 2.44. The molecule has 1 aromatic heterocycles. The van der Waals surface area contributed by atoms with E-state index in [2.05, 4.69) is 10.7 Å². The van der Waals surface area contributed by atoms with Crippen LogP contribution < -0.4 is 0 Å². The molecule has 1 aromatic rings. The molecule has 0 amide bonds. The number of allylic oxidation sites excluding steroid dienone is 2. The Morgan fingerprint density at radius 1 is 1.38 bits per heavy atom. The lowest BCUT2D eigenvalue weighted by atomic mass is 10.3. The van der Waals surface area contributed by atoms with E-state index in [0.717, 1.165) is 10.7 Å². The van der Waals surface area contributed by atoms with Gasteiger partial charge < -0.3 is 0 Å². The normalized spacial score (nSPS) is 10.1. The number of hydrogen-bond acceptors (Lipinski definition) is 2. The molecule has 0 aromatic carbocycles. The molecule has 1 rings (SSSR count). The summed E-state index contributed by atoms with van der Waals surface area (Å²) >= 11 is 1.69. The number of thiazole rings is 1. The number of aryl methyl sites for hydroxylation is 1. The zero-order valence-electron chi connectivity index (χ0n) is 8.16. The summed E-state index contributed by atoms with van der Waals surface area (Å²) in [7, 11) is 0. The topological polar surface area (TPSA) is 12.9 Å². The van der Waals surface area contributed by atoms with Crippen molar-refractivity contribution in [3.05, 3.63) is 33.5 Å². The van der Waals surface area contributed by atoms with E-state index >= 15 is 0 Å². The predicted octanol–water partition coefficient (Wildman–Crippen LogP) is 3.67. The molecule has 1 heterocycles. The summed E-state index contributed by atoms with van der Waals surface area (Å²) in [6.45, 7) is 5.97. The van der Waals surface area contributed by atoms with Crippen LogP contribution in [0.1, 0.15) is 29.4 Å². The van der Waals surface area contributed by atoms with E-state index < -0.39 is 0 Å². The quantitative estimate of drug-likeness (QED) is 0.650. The largest absolute Gasteiger partial charge is 0.242 e. The zero-order valence-corrected chi connectivity index (χ0v) is 8.98. The van der Waals surface area contributed by atoms with Gasteiger partial charge in [0.1, 0.15) is 0 Å². The molecular weight excluding hydrogens is 178 g/mol. The lowest BCUT2D eigenvalue weighted by Gasteiger charge is -1.85. The van der Waals surface area contributed by atoms with E-state index in [4.69, 9.17) is 0 Å². The molecule has 0 saturated carbocycles. The van der Waals surface area contributed by atoms with Crippen LogP contribution in [0, 0.1) is 6.92 Å². The molecule has 0 spiro atoms. The summed E-state index contributed by atoms with van der Waals surface area (Å²) in [5, 5.41) is 1.09. The monoisotopic (exact) mass is 191 g/mol. The highest BCUT2D eigenvalue weighted by Crippen LogP contribution is 2.20. The summed E-state index contributed by atoms with van der Waals surface area (Å²) in [6.07, 6.45) is 7.89. The van der Waals surface area contributed by atoms with Gasteiger partial charge in [0.05, 0.1) is 15.6 Å². The first-order valence-electron chi connectivity index (χ1n) is 4.25. The van der Waals surface area contributed by atoms with Crippen LogP contribution >= 0.6 is 11.3 Å². The fourth-order valence-corrected chi connectivity index (χ4v) is 1.81. The summed E-state index contributed by atoms with van der Waals surface area (Å²) in [5.74, 6) is 0. The maximum Gasteiger partial charge on any atom is 0.0907 e. The maximum atomic E-state index is 4.40. The molecule has 0 fully saturated rings. The Morgan fingerprint density at radius 2 is 2.15 bits per heavy atom. The second-order valence-corrected chi connectivity index (χ2v) is 3.82. The maximum absolute atomic E-state index is 4.40. The van der Waals surface area contributed by atoms with Crippen molar-refractivity contribution in [2.75, 3.05) is 0 Å². The lowest BCUT2D eigenvalue weighted by Crippen LogP contribution is -1.74. The van der Waals surface area contributed by atoms with Gasteiger partial charge in [-0.05, 0) is 39.0 Å². The van der Waals surface area contributed by atoms with E-state index in [-0.39, 0.29) is 0 Å². The minimum Gasteiger partial charge on any atom is -0.242 e. The van der Waals surface area contributed by atoms with Gasteiger partial charge in [-0.1, -0.05) is 6.08 Å². The van der Waals surface area contributed by atoms with Gasteiger partial charge >= 0.3 is 0 Å². The Kier molecular flexibility index (Phi) is 3.69. The van der Waals surface area contributed by atoms with Crippen LogP contribution in [0.15, 0.2) is 17.9 Å². The first-order chi connectivity index (χ1) is 6.27. The molecule has 0 atom stereocenters. The Labute approximate surface area is 83.1 Å². The van der Waals surface area contributed by atoms with Gasteiger partial charge in [-0.2, -0.15) is 0 Å². The Hall–Kier alpha value is -1.11. The molecule has 2 heteroatoms. The predicted molar refractivity (Wildman–Crippen MR) is 59.8 cm³/mol. The summed E-state index contributed by atoms with van der Waals surface area (Å²) < 4.78 is 0. The van der Waals surface area contributed by atoms with Crippen molar-refractivity contribution in [1.82, 2.24) is 4.98 Å². The third-order valence-corrected chi connectivity index (χ3v) is 2.43. The van der Waals surface area contributed by atoms with Crippen molar-refractivity contribution in [2.24, 2.45) is 0 Å². The molecular formula is C11H13NS. The van der Waals surface area contributed by atoms with Gasteiger partial charge in [0.15, 0.2) is 0 Å². The van der Waals surface area contributed by atoms with E-state index in [1.54, 1.807) is 11.3 Å². The van der Waals surface area contributed by atoms with Gasteiger partial charge in [-0.15, -0.1) is 17.1 Å². The highest BCUT2D eigenvalue weighted by molar-refractivity contribution is 7.12. The molecule has 0 aliphatic rings.